The first-order chi connectivity index (χ1) is 10.7. The van der Waals surface area contributed by atoms with Gasteiger partial charge in [-0.15, -0.1) is 0 Å². The van der Waals surface area contributed by atoms with E-state index in [4.69, 9.17) is 4.74 Å². The molecule has 0 aliphatic heterocycles. The topological polar surface area (TPSA) is 121 Å². The zero-order valence-corrected chi connectivity index (χ0v) is 13.2. The summed E-state index contributed by atoms with van der Waals surface area (Å²) < 4.78 is 28.2. The minimum atomic E-state index is -3.58. The molecular formula is C14H15NO7S. The molecule has 0 aromatic heterocycles. The summed E-state index contributed by atoms with van der Waals surface area (Å²) in [4.78, 5) is 33.5. The average molecular weight is 341 g/mol. The molecule has 1 aliphatic carbocycles. The monoisotopic (exact) mass is 341 g/mol. The van der Waals surface area contributed by atoms with E-state index in [2.05, 4.69) is 0 Å². The minimum absolute atomic E-state index is 0.105. The third-order valence-corrected chi connectivity index (χ3v) is 4.63. The van der Waals surface area contributed by atoms with Gasteiger partial charge < -0.3 is 4.74 Å². The first-order valence-corrected chi connectivity index (χ1v) is 8.73. The summed E-state index contributed by atoms with van der Waals surface area (Å²) in [5.74, 6) is -0.673. The summed E-state index contributed by atoms with van der Waals surface area (Å²) in [5.41, 5.74) is -0.322. The summed E-state index contributed by atoms with van der Waals surface area (Å²) in [6.07, 6.45) is 0.720. The van der Waals surface area contributed by atoms with Crippen LogP contribution in [0, 0.1) is 10.1 Å². The van der Waals surface area contributed by atoms with Crippen molar-refractivity contribution >= 4 is 27.1 Å². The van der Waals surface area contributed by atoms with Crippen molar-refractivity contribution in [3.63, 3.8) is 0 Å². The summed E-state index contributed by atoms with van der Waals surface area (Å²) in [5, 5.41) is 11.1. The molecule has 2 rings (SSSR count). The fraction of sp³-hybridized carbons (Fsp3) is 0.429. The molecule has 1 fully saturated rings. The molecule has 0 bridgehead atoms. The number of carbonyl (C=O) groups excluding carboxylic acids is 2. The highest BCUT2D eigenvalue weighted by Gasteiger charge is 2.31. The lowest BCUT2D eigenvalue weighted by atomic mass is 9.95. The minimum Gasteiger partial charge on any atom is -0.358 e. The molecule has 9 heteroatoms. The Balaban J connectivity index is 2.24. The molecule has 0 atom stereocenters. The standard InChI is InChI=1S/C14H15NO7S/c1-23(20,21)10-6-5-9(11(7-10)15(18)19)8-22-14-12(16)3-2-4-13(14)17/h5-7,14H,2-4,8H2,1H3. The van der Waals surface area contributed by atoms with Crippen molar-refractivity contribution in [2.24, 2.45) is 0 Å². The van der Waals surface area contributed by atoms with Gasteiger partial charge in [-0.25, -0.2) is 8.42 Å². The molecule has 8 nitrogen and oxygen atoms in total. The lowest BCUT2D eigenvalue weighted by Crippen LogP contribution is -2.36. The van der Waals surface area contributed by atoms with Gasteiger partial charge in [-0.05, 0) is 18.6 Å². The van der Waals surface area contributed by atoms with Crippen molar-refractivity contribution in [1.29, 1.82) is 0 Å². The zero-order valence-electron chi connectivity index (χ0n) is 12.4. The quantitative estimate of drug-likeness (QED) is 0.448. The van der Waals surface area contributed by atoms with Crippen LogP contribution in [-0.2, 0) is 30.8 Å². The van der Waals surface area contributed by atoms with Crippen LogP contribution in [0.3, 0.4) is 0 Å². The SMILES string of the molecule is CS(=O)(=O)c1ccc(COC2C(=O)CCCC2=O)c([N+](=O)[O-])c1. The molecule has 23 heavy (non-hydrogen) atoms. The van der Waals surface area contributed by atoms with Gasteiger partial charge in [-0.1, -0.05) is 0 Å². The third-order valence-electron chi connectivity index (χ3n) is 3.52. The number of hydrogen-bond donors (Lipinski definition) is 0. The van der Waals surface area contributed by atoms with Crippen LogP contribution in [0.5, 0.6) is 0 Å². The number of nitrogens with zero attached hydrogens (tertiary/aromatic N) is 1. The van der Waals surface area contributed by atoms with E-state index in [-0.39, 0.29) is 41.5 Å². The molecule has 0 saturated heterocycles. The summed E-state index contributed by atoms with van der Waals surface area (Å²) in [7, 11) is -3.58. The molecule has 0 N–H and O–H groups in total. The van der Waals surface area contributed by atoms with E-state index < -0.39 is 26.6 Å². The molecule has 124 valence electrons. The van der Waals surface area contributed by atoms with Crippen molar-refractivity contribution in [1.82, 2.24) is 0 Å². The molecule has 0 amide bonds. The number of nitro benzene ring substituents is 1. The molecule has 1 saturated carbocycles. The number of benzene rings is 1. The molecule has 0 spiro atoms. The molecule has 1 aliphatic rings. The van der Waals surface area contributed by atoms with Crippen LogP contribution in [-0.4, -0.2) is 37.3 Å². The lowest BCUT2D eigenvalue weighted by Gasteiger charge is -2.19. The molecule has 1 aromatic carbocycles. The highest BCUT2D eigenvalue weighted by molar-refractivity contribution is 7.90. The van der Waals surface area contributed by atoms with Gasteiger partial charge in [0.25, 0.3) is 5.69 Å². The molecule has 0 unspecified atom stereocenters. The summed E-state index contributed by atoms with van der Waals surface area (Å²) in [6, 6.07) is 3.43. The second kappa shape index (κ2) is 6.55. The van der Waals surface area contributed by atoms with E-state index in [0.29, 0.717) is 6.42 Å². The number of nitro groups is 1. The van der Waals surface area contributed by atoms with Gasteiger partial charge in [-0.3, -0.25) is 19.7 Å². The second-order valence-corrected chi connectivity index (χ2v) is 7.31. The summed E-state index contributed by atoms with van der Waals surface area (Å²) in [6.45, 7) is -0.317. The first kappa shape index (κ1) is 17.2. The van der Waals surface area contributed by atoms with E-state index in [0.717, 1.165) is 12.3 Å². The van der Waals surface area contributed by atoms with Gasteiger partial charge in [0.05, 0.1) is 22.0 Å². The first-order valence-electron chi connectivity index (χ1n) is 6.84. The van der Waals surface area contributed by atoms with E-state index in [1.807, 2.05) is 0 Å². The number of Topliss-reactive ketones (excluding diaryl/α,β-unsaturated/α-hetero) is 2. The molecule has 0 radical (unpaired) electrons. The average Bonchev–Trinajstić information content (AvgIpc) is 2.45. The fourth-order valence-corrected chi connectivity index (χ4v) is 2.94. The summed E-state index contributed by atoms with van der Waals surface area (Å²) >= 11 is 0. The second-order valence-electron chi connectivity index (χ2n) is 5.30. The number of ketones is 2. The lowest BCUT2D eigenvalue weighted by molar-refractivity contribution is -0.386. The van der Waals surface area contributed by atoms with Crippen molar-refractivity contribution in [3.8, 4) is 0 Å². The van der Waals surface area contributed by atoms with Crippen LogP contribution < -0.4 is 0 Å². The zero-order chi connectivity index (χ0) is 17.2. The highest BCUT2D eigenvalue weighted by Crippen LogP contribution is 2.25. The molecule has 0 heterocycles. The highest BCUT2D eigenvalue weighted by atomic mass is 32.2. The van der Waals surface area contributed by atoms with Gasteiger partial charge in [0.2, 0.25) is 0 Å². The van der Waals surface area contributed by atoms with Gasteiger partial charge in [0.1, 0.15) is 0 Å². The van der Waals surface area contributed by atoms with Gasteiger partial charge in [0.15, 0.2) is 27.5 Å². The third kappa shape index (κ3) is 3.99. The van der Waals surface area contributed by atoms with Crippen molar-refractivity contribution in [2.45, 2.75) is 36.9 Å². The van der Waals surface area contributed by atoms with Gasteiger partial charge in [-0.2, -0.15) is 0 Å². The number of carbonyl (C=O) groups is 2. The Hall–Kier alpha value is -2.13. The Morgan fingerprint density at radius 3 is 2.39 bits per heavy atom. The van der Waals surface area contributed by atoms with Crippen LogP contribution in [0.25, 0.3) is 0 Å². The maximum atomic E-state index is 11.7. The Bertz CT molecular complexity index is 753. The van der Waals surface area contributed by atoms with E-state index in [9.17, 15) is 28.1 Å². The fourth-order valence-electron chi connectivity index (χ4n) is 2.30. The van der Waals surface area contributed by atoms with E-state index in [1.165, 1.54) is 12.1 Å². The maximum absolute atomic E-state index is 11.7. The number of ether oxygens (including phenoxy) is 1. The van der Waals surface area contributed by atoms with Crippen LogP contribution in [0.15, 0.2) is 23.1 Å². The Morgan fingerprint density at radius 2 is 1.87 bits per heavy atom. The van der Waals surface area contributed by atoms with E-state index >= 15 is 0 Å². The van der Waals surface area contributed by atoms with Gasteiger partial charge in [0, 0.05) is 25.2 Å². The van der Waals surface area contributed by atoms with Crippen LogP contribution >= 0.6 is 0 Å². The predicted molar refractivity (Wildman–Crippen MR) is 78.6 cm³/mol. The van der Waals surface area contributed by atoms with Crippen LogP contribution in [0.1, 0.15) is 24.8 Å². The Labute approximate surface area is 132 Å². The largest absolute Gasteiger partial charge is 0.358 e. The smallest absolute Gasteiger partial charge is 0.276 e. The number of rotatable bonds is 5. The van der Waals surface area contributed by atoms with E-state index in [1.54, 1.807) is 0 Å². The Morgan fingerprint density at radius 1 is 1.26 bits per heavy atom. The Kier molecular flexibility index (Phi) is 4.90. The van der Waals surface area contributed by atoms with Crippen LogP contribution in [0.2, 0.25) is 0 Å². The van der Waals surface area contributed by atoms with Crippen molar-refractivity contribution in [2.75, 3.05) is 6.26 Å². The normalized spacial score (nSPS) is 16.6. The van der Waals surface area contributed by atoms with Crippen molar-refractivity contribution in [3.05, 3.63) is 33.9 Å². The predicted octanol–water partition coefficient (Wildman–Crippen LogP) is 1.21. The van der Waals surface area contributed by atoms with Gasteiger partial charge >= 0.3 is 0 Å². The maximum Gasteiger partial charge on any atom is 0.276 e. The number of hydrogen-bond acceptors (Lipinski definition) is 7. The van der Waals surface area contributed by atoms with Crippen LogP contribution in [0.4, 0.5) is 5.69 Å². The van der Waals surface area contributed by atoms with Crippen molar-refractivity contribution < 1.29 is 27.7 Å². The number of sulfone groups is 1. The molecular weight excluding hydrogens is 326 g/mol. The molecule has 1 aromatic rings.